The first-order valence-corrected chi connectivity index (χ1v) is 8.24. The fourth-order valence-corrected chi connectivity index (χ4v) is 3.80. The minimum atomic E-state index is 0.185. The Labute approximate surface area is 135 Å². The Balaban J connectivity index is 1.63. The number of hydrogen-bond donors (Lipinski definition) is 2. The molecule has 1 aliphatic heterocycles. The van der Waals surface area contributed by atoms with Crippen LogP contribution in [-0.2, 0) is 0 Å². The maximum absolute atomic E-state index is 9.19. The van der Waals surface area contributed by atoms with E-state index in [9.17, 15) is 5.26 Å². The molecule has 0 radical (unpaired) electrons. The van der Waals surface area contributed by atoms with Crippen molar-refractivity contribution in [3.05, 3.63) is 35.8 Å². The highest BCUT2D eigenvalue weighted by molar-refractivity contribution is 6.16. The van der Waals surface area contributed by atoms with E-state index in [-0.39, 0.29) is 6.04 Å². The Morgan fingerprint density at radius 2 is 2.26 bits per heavy atom. The molecule has 2 N–H and O–H groups in total. The minimum Gasteiger partial charge on any atom is -0.352 e. The molecule has 2 aromatic rings. The van der Waals surface area contributed by atoms with Gasteiger partial charge >= 0.3 is 0 Å². The maximum atomic E-state index is 9.19. The molecule has 3 heterocycles. The quantitative estimate of drug-likeness (QED) is 0.910. The lowest BCUT2D eigenvalue weighted by Crippen LogP contribution is -2.18. The van der Waals surface area contributed by atoms with Crippen molar-refractivity contribution in [1.82, 2.24) is 14.8 Å². The summed E-state index contributed by atoms with van der Waals surface area (Å²) in [6, 6.07) is 4.55. The first kappa shape index (κ1) is 14.1. The zero-order valence-electron chi connectivity index (χ0n) is 13.0. The van der Waals surface area contributed by atoms with Crippen LogP contribution in [0.2, 0.25) is 0 Å². The Kier molecular flexibility index (Phi) is 3.62. The van der Waals surface area contributed by atoms with Gasteiger partial charge < -0.3 is 10.3 Å². The van der Waals surface area contributed by atoms with E-state index in [2.05, 4.69) is 32.7 Å². The molecule has 1 atom stereocenters. The molecule has 1 unspecified atom stereocenters. The van der Waals surface area contributed by atoms with Crippen LogP contribution in [0.3, 0.4) is 0 Å². The molecule has 0 amide bonds. The average Bonchev–Trinajstić information content (AvgIpc) is 3.32. The van der Waals surface area contributed by atoms with Crippen LogP contribution >= 0.6 is 0 Å². The summed E-state index contributed by atoms with van der Waals surface area (Å²) in [4.78, 5) is 7.79. The highest BCUT2D eigenvalue weighted by atomic mass is 15.3. The molecule has 1 fully saturated rings. The van der Waals surface area contributed by atoms with Crippen LogP contribution in [-0.4, -0.2) is 27.1 Å². The maximum Gasteiger partial charge on any atom is 0.114 e. The van der Waals surface area contributed by atoms with E-state index in [0.717, 1.165) is 22.7 Å². The summed E-state index contributed by atoms with van der Waals surface area (Å²) in [5.41, 5.74) is 3.06. The predicted molar refractivity (Wildman–Crippen MR) is 88.4 cm³/mol. The van der Waals surface area contributed by atoms with Crippen molar-refractivity contribution in [2.45, 2.75) is 38.1 Å². The van der Waals surface area contributed by atoms with Gasteiger partial charge in [-0.05, 0) is 24.8 Å². The molecule has 0 bridgehead atoms. The summed E-state index contributed by atoms with van der Waals surface area (Å²) in [6.07, 6.45) is 11.3. The largest absolute Gasteiger partial charge is 0.352 e. The Morgan fingerprint density at radius 1 is 1.39 bits per heavy atom. The van der Waals surface area contributed by atoms with Gasteiger partial charge in [-0.25, -0.2) is 0 Å². The molecule has 1 saturated carbocycles. The van der Waals surface area contributed by atoms with Crippen molar-refractivity contribution >= 4 is 11.5 Å². The molecular formula is C17H20N6. The van der Waals surface area contributed by atoms with Gasteiger partial charge in [-0.15, -0.1) is 0 Å². The Hall–Kier alpha value is -2.55. The summed E-state index contributed by atoms with van der Waals surface area (Å²) < 4.78 is 1.99. The van der Waals surface area contributed by atoms with E-state index in [1.54, 1.807) is 0 Å². The summed E-state index contributed by atoms with van der Waals surface area (Å²) >= 11 is 0. The molecule has 2 aliphatic rings. The normalized spacial score (nSPS) is 18.8. The number of fused-ring (bicyclic) bond motifs is 1. The third-order valence-electron chi connectivity index (χ3n) is 4.95. The molecule has 2 aromatic heterocycles. The number of hydrogen-bond acceptors (Lipinski definition) is 4. The number of rotatable bonds is 4. The third-order valence-corrected chi connectivity index (χ3v) is 4.95. The van der Waals surface area contributed by atoms with Gasteiger partial charge in [0, 0.05) is 23.5 Å². The van der Waals surface area contributed by atoms with Gasteiger partial charge in [0.15, 0.2) is 0 Å². The van der Waals surface area contributed by atoms with E-state index in [4.69, 9.17) is 0 Å². The van der Waals surface area contributed by atoms with E-state index in [1.165, 1.54) is 25.7 Å². The van der Waals surface area contributed by atoms with Crippen molar-refractivity contribution in [1.29, 1.82) is 5.26 Å². The zero-order chi connectivity index (χ0) is 15.6. The van der Waals surface area contributed by atoms with Crippen molar-refractivity contribution in [2.24, 2.45) is 10.9 Å². The second-order valence-electron chi connectivity index (χ2n) is 6.29. The second kappa shape index (κ2) is 5.92. The highest BCUT2D eigenvalue weighted by Gasteiger charge is 2.27. The second-order valence-corrected chi connectivity index (χ2v) is 6.29. The molecule has 118 valence electrons. The van der Waals surface area contributed by atoms with Gasteiger partial charge in [-0.1, -0.05) is 12.8 Å². The topological polar surface area (TPSA) is 81.8 Å². The molecule has 0 aromatic carbocycles. The first-order valence-electron chi connectivity index (χ1n) is 8.24. The SMILES string of the molecule is N#CCC(C1CCCC1)n1cc(C2=NCNc3[nH]ccc32)cn1. The van der Waals surface area contributed by atoms with Gasteiger partial charge in [0.2, 0.25) is 0 Å². The fourth-order valence-electron chi connectivity index (χ4n) is 3.80. The van der Waals surface area contributed by atoms with Gasteiger partial charge in [-0.3, -0.25) is 9.67 Å². The molecule has 0 saturated heterocycles. The lowest BCUT2D eigenvalue weighted by molar-refractivity contribution is 0.314. The number of aromatic amines is 1. The van der Waals surface area contributed by atoms with Crippen LogP contribution in [0.4, 0.5) is 5.82 Å². The van der Waals surface area contributed by atoms with Crippen molar-refractivity contribution in [3.63, 3.8) is 0 Å². The number of nitrogens with zero attached hydrogens (tertiary/aromatic N) is 4. The summed E-state index contributed by atoms with van der Waals surface area (Å²) in [5.74, 6) is 1.58. The highest BCUT2D eigenvalue weighted by Crippen LogP contribution is 2.36. The van der Waals surface area contributed by atoms with Crippen molar-refractivity contribution < 1.29 is 0 Å². The summed E-state index contributed by atoms with van der Waals surface area (Å²) in [5, 5.41) is 17.0. The molecule has 4 rings (SSSR count). The fraction of sp³-hybridized carbons (Fsp3) is 0.471. The van der Waals surface area contributed by atoms with Gasteiger partial charge in [0.05, 0.1) is 30.4 Å². The van der Waals surface area contributed by atoms with Crippen LogP contribution in [0.15, 0.2) is 29.6 Å². The molecule has 23 heavy (non-hydrogen) atoms. The number of aromatic nitrogens is 3. The molecule has 1 aliphatic carbocycles. The monoisotopic (exact) mass is 308 g/mol. The van der Waals surface area contributed by atoms with E-state index >= 15 is 0 Å². The lowest BCUT2D eigenvalue weighted by atomic mass is 9.96. The number of H-pyrrole nitrogens is 1. The van der Waals surface area contributed by atoms with Crippen LogP contribution in [0.25, 0.3) is 0 Å². The molecule has 6 nitrogen and oxygen atoms in total. The van der Waals surface area contributed by atoms with Gasteiger partial charge in [0.1, 0.15) is 12.5 Å². The van der Waals surface area contributed by atoms with Gasteiger partial charge in [0.25, 0.3) is 0 Å². The smallest absolute Gasteiger partial charge is 0.114 e. The van der Waals surface area contributed by atoms with Crippen molar-refractivity contribution in [2.75, 3.05) is 12.0 Å². The van der Waals surface area contributed by atoms with Crippen LogP contribution < -0.4 is 5.32 Å². The van der Waals surface area contributed by atoms with Crippen LogP contribution in [0, 0.1) is 17.2 Å². The number of anilines is 1. The van der Waals surface area contributed by atoms with Crippen LogP contribution in [0.1, 0.15) is 49.3 Å². The standard InChI is InChI=1S/C17H20N6/c18-7-5-15(12-3-1-2-4-12)23-10-13(9-22-23)16-14-6-8-19-17(14)21-11-20-16/h6,8-10,12,15,19,21H,1-5,11H2. The Morgan fingerprint density at radius 3 is 3.09 bits per heavy atom. The summed E-state index contributed by atoms with van der Waals surface area (Å²) in [7, 11) is 0. The summed E-state index contributed by atoms with van der Waals surface area (Å²) in [6.45, 7) is 0.568. The minimum absolute atomic E-state index is 0.185. The number of aliphatic imine (C=N–C) groups is 1. The molecule has 0 spiro atoms. The zero-order valence-corrected chi connectivity index (χ0v) is 13.0. The third kappa shape index (κ3) is 2.52. The predicted octanol–water partition coefficient (Wildman–Crippen LogP) is 3.08. The lowest BCUT2D eigenvalue weighted by Gasteiger charge is -2.21. The molecule has 6 heteroatoms. The molecular weight excluding hydrogens is 288 g/mol. The van der Waals surface area contributed by atoms with Crippen LogP contribution in [0.5, 0.6) is 0 Å². The Bertz CT molecular complexity index is 756. The van der Waals surface area contributed by atoms with Gasteiger partial charge in [-0.2, -0.15) is 10.4 Å². The van der Waals surface area contributed by atoms with E-state index < -0.39 is 0 Å². The number of nitrogens with one attached hydrogen (secondary N) is 2. The number of nitriles is 1. The van der Waals surface area contributed by atoms with Crippen molar-refractivity contribution in [3.8, 4) is 6.07 Å². The average molecular weight is 308 g/mol. The van der Waals surface area contributed by atoms with E-state index in [0.29, 0.717) is 19.0 Å². The van der Waals surface area contributed by atoms with E-state index in [1.807, 2.05) is 23.1 Å². The first-order chi connectivity index (χ1) is 11.4.